The minimum absolute atomic E-state index is 0.0271. The molecule has 1 aromatic carbocycles. The number of nitrogen functional groups attached to an aromatic ring is 1. The topological polar surface area (TPSA) is 138 Å². The average Bonchev–Trinajstić information content (AvgIpc) is 3.44. The lowest BCUT2D eigenvalue weighted by atomic mass is 9.80. The van der Waals surface area contributed by atoms with Crippen LogP contribution in [0.5, 0.6) is 0 Å². The van der Waals surface area contributed by atoms with Crippen molar-refractivity contribution in [1.82, 2.24) is 24.7 Å². The Kier molecular flexibility index (Phi) is 7.32. The summed E-state index contributed by atoms with van der Waals surface area (Å²) < 4.78 is 71.2. The van der Waals surface area contributed by atoms with E-state index in [1.165, 1.54) is 43.7 Å². The molecule has 0 bridgehead atoms. The Morgan fingerprint density at radius 2 is 1.93 bits per heavy atom. The first-order valence-corrected chi connectivity index (χ1v) is 12.9. The number of alkyl halides is 5. The smallest absolute Gasteiger partial charge is 0.453 e. The van der Waals surface area contributed by atoms with Crippen LogP contribution in [0.3, 0.4) is 0 Å². The summed E-state index contributed by atoms with van der Waals surface area (Å²) in [7, 11) is 1.24. The highest BCUT2D eigenvalue weighted by Crippen LogP contribution is 2.45. The van der Waals surface area contributed by atoms with Crippen molar-refractivity contribution in [3.05, 3.63) is 64.4 Å². The molecule has 3 N–H and O–H groups in total. The molecule has 0 saturated carbocycles. The van der Waals surface area contributed by atoms with Gasteiger partial charge >= 0.3 is 18.1 Å². The molecule has 10 nitrogen and oxygen atoms in total. The molecule has 224 valence electrons. The van der Waals surface area contributed by atoms with E-state index in [9.17, 15) is 31.5 Å². The SMILES string of the molecule is COC(=O)C=Cc1ccc(C2(C)C(=O)Nc3nc(-c4nn(CCC(F)(F)C(F)(F)F)c5cc(Cl)ccc45)nc(N)c32)nc1. The number of nitrogens with one attached hydrogen (secondary N) is 1. The van der Waals surface area contributed by atoms with Gasteiger partial charge in [0.15, 0.2) is 5.82 Å². The van der Waals surface area contributed by atoms with Gasteiger partial charge in [0.25, 0.3) is 0 Å². The second-order valence-corrected chi connectivity index (χ2v) is 10.2. The van der Waals surface area contributed by atoms with Gasteiger partial charge in [-0.3, -0.25) is 14.5 Å². The first-order chi connectivity index (χ1) is 20.2. The summed E-state index contributed by atoms with van der Waals surface area (Å²) in [6.45, 7) is 0.780. The summed E-state index contributed by atoms with van der Waals surface area (Å²) in [6, 6.07) is 7.55. The third-order valence-electron chi connectivity index (χ3n) is 7.01. The minimum atomic E-state index is -5.73. The number of fused-ring (bicyclic) bond motifs is 2. The van der Waals surface area contributed by atoms with E-state index < -0.39 is 42.4 Å². The number of hydrogen-bond acceptors (Lipinski definition) is 8. The maximum Gasteiger partial charge on any atom is 0.453 e. The van der Waals surface area contributed by atoms with Gasteiger partial charge in [-0.1, -0.05) is 17.7 Å². The minimum Gasteiger partial charge on any atom is -0.466 e. The van der Waals surface area contributed by atoms with Crippen LogP contribution in [0.4, 0.5) is 33.6 Å². The molecule has 16 heteroatoms. The van der Waals surface area contributed by atoms with Gasteiger partial charge < -0.3 is 15.8 Å². The van der Waals surface area contributed by atoms with Crippen molar-refractivity contribution in [3.8, 4) is 11.5 Å². The largest absolute Gasteiger partial charge is 0.466 e. The summed E-state index contributed by atoms with van der Waals surface area (Å²) in [5, 5.41) is 7.39. The highest BCUT2D eigenvalue weighted by molar-refractivity contribution is 6.31. The number of hydrogen-bond donors (Lipinski definition) is 2. The highest BCUT2D eigenvalue weighted by Gasteiger charge is 2.57. The van der Waals surface area contributed by atoms with Crippen molar-refractivity contribution >= 4 is 52.1 Å². The fourth-order valence-corrected chi connectivity index (χ4v) is 4.83. The molecule has 1 unspecified atom stereocenters. The predicted octanol–water partition coefficient (Wildman–Crippen LogP) is 5.16. The van der Waals surface area contributed by atoms with Crippen LogP contribution in [-0.4, -0.2) is 55.8 Å². The summed E-state index contributed by atoms with van der Waals surface area (Å²) in [4.78, 5) is 37.7. The summed E-state index contributed by atoms with van der Waals surface area (Å²) in [5.41, 5.74) is 6.21. The monoisotopic (exact) mass is 621 g/mol. The number of pyridine rings is 1. The molecule has 0 aliphatic carbocycles. The van der Waals surface area contributed by atoms with Crippen molar-refractivity contribution in [3.63, 3.8) is 0 Å². The number of aryl methyl sites for hydroxylation is 1. The molecule has 43 heavy (non-hydrogen) atoms. The maximum absolute atomic E-state index is 13.7. The van der Waals surface area contributed by atoms with Gasteiger partial charge in [-0.25, -0.2) is 14.8 Å². The van der Waals surface area contributed by atoms with E-state index in [2.05, 4.69) is 30.1 Å². The number of nitrogens with two attached hydrogens (primary N) is 1. The van der Waals surface area contributed by atoms with Crippen LogP contribution < -0.4 is 11.1 Å². The van der Waals surface area contributed by atoms with Crippen LogP contribution in [0.2, 0.25) is 5.02 Å². The molecule has 3 aromatic heterocycles. The zero-order valence-electron chi connectivity index (χ0n) is 22.3. The Morgan fingerprint density at radius 3 is 2.58 bits per heavy atom. The van der Waals surface area contributed by atoms with Crippen molar-refractivity contribution in [1.29, 1.82) is 0 Å². The van der Waals surface area contributed by atoms with Crippen LogP contribution in [0.1, 0.15) is 30.2 Å². The van der Waals surface area contributed by atoms with Crippen molar-refractivity contribution in [2.45, 2.75) is 37.4 Å². The van der Waals surface area contributed by atoms with E-state index >= 15 is 0 Å². The quantitative estimate of drug-likeness (QED) is 0.164. The lowest BCUT2D eigenvalue weighted by Gasteiger charge is -2.22. The fraction of sp³-hybridized carbons (Fsp3) is 0.259. The Hall–Kier alpha value is -4.66. The van der Waals surface area contributed by atoms with Crippen LogP contribution in [0, 0.1) is 0 Å². The zero-order valence-corrected chi connectivity index (χ0v) is 23.1. The molecule has 1 amide bonds. The van der Waals surface area contributed by atoms with E-state index in [0.29, 0.717) is 16.6 Å². The van der Waals surface area contributed by atoms with Gasteiger partial charge in [-0.15, -0.1) is 0 Å². The number of esters is 1. The second kappa shape index (κ2) is 10.6. The third-order valence-corrected chi connectivity index (χ3v) is 7.25. The number of methoxy groups -OCH3 is 1. The van der Waals surface area contributed by atoms with Gasteiger partial charge in [0.05, 0.1) is 23.9 Å². The number of amides is 1. The lowest BCUT2D eigenvalue weighted by molar-refractivity contribution is -0.285. The van der Waals surface area contributed by atoms with Gasteiger partial charge in [0, 0.05) is 35.6 Å². The van der Waals surface area contributed by atoms with Crippen molar-refractivity contribution < 1.29 is 36.3 Å². The molecule has 4 heterocycles. The molecule has 1 aliphatic heterocycles. The molecule has 1 aliphatic rings. The van der Waals surface area contributed by atoms with Gasteiger partial charge in [-0.2, -0.15) is 27.1 Å². The standard InChI is InChI=1S/C27H21ClF5N7O3/c1-25(17-7-3-13(12-35-17)4-8-18(41)43-2)19-21(34)36-23(37-22(19)38-24(25)42)20-15-6-5-14(28)11-16(15)40(39-20)10-9-26(29,30)27(31,32)33/h3-8,11-12H,9-10H2,1-2H3,(H3,34,36,37,38,42). The van der Waals surface area contributed by atoms with E-state index in [1.807, 2.05) is 0 Å². The number of aromatic nitrogens is 5. The molecular formula is C27H21ClF5N7O3. The third kappa shape index (κ3) is 5.24. The first-order valence-electron chi connectivity index (χ1n) is 12.5. The highest BCUT2D eigenvalue weighted by atomic mass is 35.5. The van der Waals surface area contributed by atoms with Gasteiger partial charge in [0.1, 0.15) is 22.7 Å². The number of nitrogens with zero attached hydrogens (tertiary/aromatic N) is 5. The number of rotatable bonds is 7. The van der Waals surface area contributed by atoms with Crippen LogP contribution in [0.25, 0.3) is 28.5 Å². The van der Waals surface area contributed by atoms with E-state index in [-0.39, 0.29) is 39.3 Å². The molecule has 5 rings (SSSR count). The number of halogens is 6. The number of carbonyl (C=O) groups is 2. The maximum atomic E-state index is 13.7. The zero-order chi connectivity index (χ0) is 31.3. The summed E-state index contributed by atoms with van der Waals surface area (Å²) in [6.07, 6.45) is -3.15. The van der Waals surface area contributed by atoms with Crippen LogP contribution in [-0.2, 0) is 26.3 Å². The van der Waals surface area contributed by atoms with Gasteiger partial charge in [-0.05, 0) is 42.8 Å². The lowest BCUT2D eigenvalue weighted by Crippen LogP contribution is -2.37. The van der Waals surface area contributed by atoms with E-state index in [0.717, 1.165) is 4.68 Å². The molecular weight excluding hydrogens is 601 g/mol. The van der Waals surface area contributed by atoms with Gasteiger partial charge in [0.2, 0.25) is 5.91 Å². The number of benzene rings is 1. The Morgan fingerprint density at radius 1 is 1.19 bits per heavy atom. The Bertz CT molecular complexity index is 1790. The molecule has 0 saturated heterocycles. The first kappa shape index (κ1) is 29.8. The molecule has 0 fully saturated rings. The number of anilines is 2. The second-order valence-electron chi connectivity index (χ2n) is 9.75. The Balaban J connectivity index is 1.54. The number of carbonyl (C=O) groups excluding carboxylic acids is 2. The molecule has 1 atom stereocenters. The van der Waals surface area contributed by atoms with Crippen LogP contribution >= 0.6 is 11.6 Å². The summed E-state index contributed by atoms with van der Waals surface area (Å²) in [5.74, 6) is -6.18. The van der Waals surface area contributed by atoms with Crippen LogP contribution in [0.15, 0.2) is 42.6 Å². The molecule has 0 radical (unpaired) electrons. The normalized spacial score (nSPS) is 17.0. The fourth-order valence-electron chi connectivity index (χ4n) is 4.66. The van der Waals surface area contributed by atoms with E-state index in [4.69, 9.17) is 17.3 Å². The average molecular weight is 622 g/mol. The van der Waals surface area contributed by atoms with E-state index in [1.54, 1.807) is 19.1 Å². The molecule has 0 spiro atoms. The Labute approximate surface area is 244 Å². The molecule has 4 aromatic rings. The van der Waals surface area contributed by atoms with Crippen molar-refractivity contribution in [2.75, 3.05) is 18.2 Å². The summed E-state index contributed by atoms with van der Waals surface area (Å²) >= 11 is 6.07. The van der Waals surface area contributed by atoms with Crippen molar-refractivity contribution in [2.24, 2.45) is 0 Å². The predicted molar refractivity (Wildman–Crippen MR) is 146 cm³/mol. The number of ether oxygens (including phenoxy) is 1.